The molecule has 0 saturated heterocycles. The lowest BCUT2D eigenvalue weighted by Crippen LogP contribution is -1.96. The summed E-state index contributed by atoms with van der Waals surface area (Å²) in [7, 11) is 0. The third-order valence-electron chi connectivity index (χ3n) is 1.71. The number of carboxylic acid groups (broad SMARTS) is 1. The predicted octanol–water partition coefficient (Wildman–Crippen LogP) is 2.87. The molecule has 0 aliphatic rings. The third-order valence-corrected chi connectivity index (χ3v) is 2.63. The Morgan fingerprint density at radius 1 is 1.62 bits per heavy atom. The van der Waals surface area contributed by atoms with Crippen molar-refractivity contribution in [3.05, 3.63) is 28.5 Å². The fourth-order valence-electron chi connectivity index (χ4n) is 1.10. The van der Waals surface area contributed by atoms with Gasteiger partial charge in [-0.15, -0.1) is 11.3 Å². The summed E-state index contributed by atoms with van der Waals surface area (Å²) in [6.07, 6.45) is 1.29. The summed E-state index contributed by atoms with van der Waals surface area (Å²) in [5.74, 6) is -0.633. The SMILES string of the molecule is CC(C)/C(=C\C(=O)O)c1cccs1. The number of hydrogen-bond acceptors (Lipinski definition) is 2. The van der Waals surface area contributed by atoms with Crippen LogP contribution in [0.15, 0.2) is 23.6 Å². The Hall–Kier alpha value is -1.09. The second-order valence-corrected chi connectivity index (χ2v) is 4.02. The van der Waals surface area contributed by atoms with Crippen LogP contribution < -0.4 is 0 Å². The molecule has 1 N–H and O–H groups in total. The molecule has 2 nitrogen and oxygen atoms in total. The maximum atomic E-state index is 10.5. The van der Waals surface area contributed by atoms with Gasteiger partial charge in [-0.05, 0) is 22.9 Å². The normalized spacial score (nSPS) is 12.1. The van der Waals surface area contributed by atoms with E-state index < -0.39 is 5.97 Å². The molecular formula is C10H12O2S. The van der Waals surface area contributed by atoms with E-state index in [1.807, 2.05) is 31.4 Å². The van der Waals surface area contributed by atoms with E-state index in [2.05, 4.69) is 0 Å². The minimum atomic E-state index is -0.878. The Bertz CT molecular complexity index is 310. The first-order chi connectivity index (χ1) is 6.11. The Kier molecular flexibility index (Phi) is 3.25. The fourth-order valence-corrected chi connectivity index (χ4v) is 1.99. The van der Waals surface area contributed by atoms with Gasteiger partial charge >= 0.3 is 5.97 Å². The molecule has 13 heavy (non-hydrogen) atoms. The van der Waals surface area contributed by atoms with Crippen molar-refractivity contribution in [3.63, 3.8) is 0 Å². The molecule has 1 aromatic heterocycles. The van der Waals surface area contributed by atoms with Crippen molar-refractivity contribution >= 4 is 22.9 Å². The molecule has 0 radical (unpaired) electrons. The largest absolute Gasteiger partial charge is 0.478 e. The first kappa shape index (κ1) is 9.99. The van der Waals surface area contributed by atoms with Crippen LogP contribution in [0.25, 0.3) is 5.57 Å². The Morgan fingerprint density at radius 3 is 2.69 bits per heavy atom. The summed E-state index contributed by atoms with van der Waals surface area (Å²) >= 11 is 1.57. The summed E-state index contributed by atoms with van der Waals surface area (Å²) < 4.78 is 0. The first-order valence-corrected chi connectivity index (χ1v) is 4.97. The minimum absolute atomic E-state index is 0.245. The maximum Gasteiger partial charge on any atom is 0.328 e. The summed E-state index contributed by atoms with van der Waals surface area (Å²) in [6.45, 7) is 3.99. The molecule has 1 rings (SSSR count). The van der Waals surface area contributed by atoms with E-state index in [1.54, 1.807) is 11.3 Å². The van der Waals surface area contributed by atoms with Gasteiger partial charge in [0.1, 0.15) is 0 Å². The van der Waals surface area contributed by atoms with Gasteiger partial charge in [0.05, 0.1) is 0 Å². The van der Waals surface area contributed by atoms with Crippen molar-refractivity contribution in [2.75, 3.05) is 0 Å². The van der Waals surface area contributed by atoms with Gasteiger partial charge in [-0.2, -0.15) is 0 Å². The van der Waals surface area contributed by atoms with Crippen LogP contribution in [0, 0.1) is 5.92 Å². The van der Waals surface area contributed by atoms with Crippen LogP contribution in [0.4, 0.5) is 0 Å². The molecule has 3 heteroatoms. The molecule has 0 aromatic carbocycles. The molecule has 1 heterocycles. The topological polar surface area (TPSA) is 37.3 Å². The zero-order chi connectivity index (χ0) is 9.84. The van der Waals surface area contributed by atoms with Crippen molar-refractivity contribution < 1.29 is 9.90 Å². The molecule has 0 bridgehead atoms. The Morgan fingerprint density at radius 2 is 2.31 bits per heavy atom. The maximum absolute atomic E-state index is 10.5. The van der Waals surface area contributed by atoms with Crippen LogP contribution in [-0.2, 0) is 4.79 Å². The van der Waals surface area contributed by atoms with Crippen LogP contribution in [0.1, 0.15) is 18.7 Å². The molecule has 0 unspecified atom stereocenters. The molecular weight excluding hydrogens is 184 g/mol. The second-order valence-electron chi connectivity index (χ2n) is 3.07. The monoisotopic (exact) mass is 196 g/mol. The van der Waals surface area contributed by atoms with Crippen LogP contribution in [0.3, 0.4) is 0 Å². The van der Waals surface area contributed by atoms with Crippen LogP contribution in [-0.4, -0.2) is 11.1 Å². The Labute approximate surface area is 81.5 Å². The average molecular weight is 196 g/mol. The number of rotatable bonds is 3. The minimum Gasteiger partial charge on any atom is -0.478 e. The van der Waals surface area contributed by atoms with Gasteiger partial charge in [-0.25, -0.2) is 4.79 Å². The number of allylic oxidation sites excluding steroid dienone is 1. The number of thiophene rings is 1. The lowest BCUT2D eigenvalue weighted by Gasteiger charge is -2.07. The number of carbonyl (C=O) groups is 1. The quantitative estimate of drug-likeness (QED) is 0.755. The predicted molar refractivity (Wildman–Crippen MR) is 54.8 cm³/mol. The van der Waals surface area contributed by atoms with E-state index in [4.69, 9.17) is 5.11 Å². The average Bonchev–Trinajstić information content (AvgIpc) is 2.50. The highest BCUT2D eigenvalue weighted by atomic mass is 32.1. The van der Waals surface area contributed by atoms with Crippen LogP contribution >= 0.6 is 11.3 Å². The zero-order valence-electron chi connectivity index (χ0n) is 7.65. The zero-order valence-corrected chi connectivity index (χ0v) is 8.47. The molecule has 0 fully saturated rings. The molecule has 0 amide bonds. The standard InChI is InChI=1S/C10H12O2S/c1-7(2)8(6-10(11)12)9-4-3-5-13-9/h3-7H,1-2H3,(H,11,12)/b8-6+. The van der Waals surface area contributed by atoms with Crippen molar-refractivity contribution in [2.45, 2.75) is 13.8 Å². The van der Waals surface area contributed by atoms with E-state index in [1.165, 1.54) is 6.08 Å². The summed E-state index contributed by atoms with van der Waals surface area (Å²) in [6, 6.07) is 3.87. The summed E-state index contributed by atoms with van der Waals surface area (Å²) in [5, 5.41) is 10.6. The smallest absolute Gasteiger partial charge is 0.328 e. The Balaban J connectivity index is 3.00. The van der Waals surface area contributed by atoms with Gasteiger partial charge in [0, 0.05) is 11.0 Å². The molecule has 70 valence electrons. The van der Waals surface area contributed by atoms with Crippen molar-refractivity contribution in [3.8, 4) is 0 Å². The second kappa shape index (κ2) is 4.23. The van der Waals surface area contributed by atoms with Crippen LogP contribution in [0.2, 0.25) is 0 Å². The third kappa shape index (κ3) is 2.70. The number of aliphatic carboxylic acids is 1. The van der Waals surface area contributed by atoms with Gasteiger partial charge < -0.3 is 5.11 Å². The first-order valence-electron chi connectivity index (χ1n) is 4.09. The van der Waals surface area contributed by atoms with Gasteiger partial charge in [0.2, 0.25) is 0 Å². The molecule has 0 saturated carbocycles. The van der Waals surface area contributed by atoms with Crippen molar-refractivity contribution in [1.29, 1.82) is 0 Å². The van der Waals surface area contributed by atoms with Gasteiger partial charge in [-0.1, -0.05) is 19.9 Å². The van der Waals surface area contributed by atoms with Gasteiger partial charge in [-0.3, -0.25) is 0 Å². The number of hydrogen-bond donors (Lipinski definition) is 1. The molecule has 1 aromatic rings. The summed E-state index contributed by atoms with van der Waals surface area (Å²) in [5.41, 5.74) is 0.891. The van der Waals surface area contributed by atoms with Crippen molar-refractivity contribution in [2.24, 2.45) is 5.92 Å². The molecule has 0 aliphatic heterocycles. The highest BCUT2D eigenvalue weighted by Gasteiger charge is 2.08. The highest BCUT2D eigenvalue weighted by Crippen LogP contribution is 2.26. The molecule has 0 spiro atoms. The number of carboxylic acids is 1. The van der Waals surface area contributed by atoms with Gasteiger partial charge in [0.25, 0.3) is 0 Å². The molecule has 0 aliphatic carbocycles. The fraction of sp³-hybridized carbons (Fsp3) is 0.300. The van der Waals surface area contributed by atoms with E-state index in [0.717, 1.165) is 10.5 Å². The van der Waals surface area contributed by atoms with E-state index in [0.29, 0.717) is 0 Å². The van der Waals surface area contributed by atoms with Gasteiger partial charge in [0.15, 0.2) is 0 Å². The van der Waals surface area contributed by atoms with E-state index in [-0.39, 0.29) is 5.92 Å². The summed E-state index contributed by atoms with van der Waals surface area (Å²) in [4.78, 5) is 11.6. The lowest BCUT2D eigenvalue weighted by molar-refractivity contribution is -0.131. The highest BCUT2D eigenvalue weighted by molar-refractivity contribution is 7.11. The molecule has 0 atom stereocenters. The van der Waals surface area contributed by atoms with E-state index in [9.17, 15) is 4.79 Å². The lowest BCUT2D eigenvalue weighted by atomic mass is 10.0. The van der Waals surface area contributed by atoms with Crippen LogP contribution in [0.5, 0.6) is 0 Å². The van der Waals surface area contributed by atoms with E-state index >= 15 is 0 Å². The van der Waals surface area contributed by atoms with Crippen molar-refractivity contribution in [1.82, 2.24) is 0 Å².